The van der Waals surface area contributed by atoms with Gasteiger partial charge in [-0.25, -0.2) is 0 Å². The van der Waals surface area contributed by atoms with E-state index in [9.17, 15) is 0 Å². The molecule has 0 fully saturated rings. The van der Waals surface area contributed by atoms with E-state index in [-0.39, 0.29) is 10.8 Å². The van der Waals surface area contributed by atoms with Crippen molar-refractivity contribution in [2.45, 2.75) is 38.5 Å². The fourth-order valence-corrected chi connectivity index (χ4v) is 11.7. The van der Waals surface area contributed by atoms with Gasteiger partial charge < -0.3 is 4.90 Å². The summed E-state index contributed by atoms with van der Waals surface area (Å²) in [7, 11) is 0. The summed E-state index contributed by atoms with van der Waals surface area (Å²) < 4.78 is 2.66. The highest BCUT2D eigenvalue weighted by Crippen LogP contribution is 2.55. The van der Waals surface area contributed by atoms with Gasteiger partial charge in [0, 0.05) is 47.9 Å². The minimum atomic E-state index is -0.102. The van der Waals surface area contributed by atoms with Crippen LogP contribution < -0.4 is 4.90 Å². The van der Waals surface area contributed by atoms with Gasteiger partial charge in [0.25, 0.3) is 0 Å². The van der Waals surface area contributed by atoms with Crippen molar-refractivity contribution in [1.29, 1.82) is 0 Å². The van der Waals surface area contributed by atoms with Crippen LogP contribution in [-0.4, -0.2) is 0 Å². The number of rotatable bonds is 6. The lowest BCUT2D eigenvalue weighted by Crippen LogP contribution is -2.16. The zero-order valence-electron chi connectivity index (χ0n) is 35.4. The normalized spacial score (nSPS) is 14.1. The highest BCUT2D eigenvalue weighted by Gasteiger charge is 2.38. The molecular formula is C60H45NS. The van der Waals surface area contributed by atoms with Gasteiger partial charge in [-0.15, -0.1) is 11.3 Å². The van der Waals surface area contributed by atoms with Gasteiger partial charge in [0.2, 0.25) is 0 Å². The first-order valence-corrected chi connectivity index (χ1v) is 22.6. The Morgan fingerprint density at radius 1 is 0.339 bits per heavy atom. The second kappa shape index (κ2) is 13.8. The van der Waals surface area contributed by atoms with Crippen LogP contribution in [-0.2, 0) is 10.8 Å². The van der Waals surface area contributed by atoms with Gasteiger partial charge in [-0.05, 0) is 133 Å². The molecule has 0 unspecified atom stereocenters. The van der Waals surface area contributed by atoms with Gasteiger partial charge >= 0.3 is 0 Å². The molecule has 1 heterocycles. The second-order valence-corrected chi connectivity index (χ2v) is 19.2. The molecule has 0 saturated carbocycles. The van der Waals surface area contributed by atoms with E-state index in [4.69, 9.17) is 0 Å². The maximum Gasteiger partial charge on any atom is 0.0543 e. The van der Waals surface area contributed by atoms with Crippen LogP contribution in [0, 0.1) is 0 Å². The third-order valence-electron chi connectivity index (χ3n) is 13.9. The number of hydrogen-bond donors (Lipinski definition) is 0. The van der Waals surface area contributed by atoms with Gasteiger partial charge in [-0.3, -0.25) is 0 Å². The Bertz CT molecular complexity index is 3390. The van der Waals surface area contributed by atoms with Gasteiger partial charge in [0.05, 0.1) is 5.69 Å². The number of nitrogens with zero attached hydrogens (tertiary/aromatic N) is 1. The Hall–Kier alpha value is -7.00. The molecule has 0 radical (unpaired) electrons. The van der Waals surface area contributed by atoms with Crippen LogP contribution >= 0.6 is 11.3 Å². The molecule has 1 aromatic heterocycles. The Morgan fingerprint density at radius 3 is 1.66 bits per heavy atom. The summed E-state index contributed by atoms with van der Waals surface area (Å²) in [4.78, 5) is 2.46. The Labute approximate surface area is 368 Å². The summed E-state index contributed by atoms with van der Waals surface area (Å²) in [6, 6.07) is 74.7. The molecule has 0 spiro atoms. The lowest BCUT2D eigenvalue weighted by molar-refractivity contribution is 0.660. The largest absolute Gasteiger partial charge is 0.310 e. The summed E-state index contributed by atoms with van der Waals surface area (Å²) in [6.45, 7) is 9.46. The van der Waals surface area contributed by atoms with E-state index >= 15 is 0 Å². The smallest absolute Gasteiger partial charge is 0.0543 e. The van der Waals surface area contributed by atoms with Crippen molar-refractivity contribution in [1.82, 2.24) is 0 Å². The first kappa shape index (κ1) is 36.8. The highest BCUT2D eigenvalue weighted by molar-refractivity contribution is 7.25. The maximum atomic E-state index is 2.46. The molecule has 10 aromatic rings. The van der Waals surface area contributed by atoms with Crippen molar-refractivity contribution in [3.63, 3.8) is 0 Å². The van der Waals surface area contributed by atoms with Crippen LogP contribution in [0.15, 0.2) is 200 Å². The van der Waals surface area contributed by atoms with Crippen molar-refractivity contribution >= 4 is 48.6 Å². The van der Waals surface area contributed by atoms with E-state index in [1.807, 2.05) is 11.3 Å². The molecule has 2 aliphatic carbocycles. The molecule has 1 nitrogen and oxygen atoms in total. The van der Waals surface area contributed by atoms with E-state index < -0.39 is 0 Å². The number of thiophene rings is 1. The van der Waals surface area contributed by atoms with Crippen LogP contribution in [0.1, 0.15) is 49.9 Å². The van der Waals surface area contributed by atoms with E-state index in [0.29, 0.717) is 0 Å². The zero-order chi connectivity index (χ0) is 41.7. The molecule has 2 heteroatoms. The van der Waals surface area contributed by atoms with Crippen molar-refractivity contribution in [2.75, 3.05) is 4.90 Å². The fourth-order valence-electron chi connectivity index (χ4n) is 10.6. The lowest BCUT2D eigenvalue weighted by Gasteiger charge is -2.29. The molecule has 0 aliphatic heterocycles. The predicted molar refractivity (Wildman–Crippen MR) is 265 cm³/mol. The zero-order valence-corrected chi connectivity index (χ0v) is 36.2. The SMILES string of the molecule is CC1(C)c2ccc(-c3ccc(N(c4ccc(-c5ccc6sc7ccccc7c6c5)cc4)c4cccc5c4-c4ccccc4C5(C)C)cc3)cc2-c2ccc(-c3ccccc3)cc21. The summed E-state index contributed by atoms with van der Waals surface area (Å²) >= 11 is 1.87. The number of fused-ring (bicyclic) bond motifs is 9. The molecule has 0 bridgehead atoms. The van der Waals surface area contributed by atoms with Crippen molar-refractivity contribution in [3.05, 3.63) is 222 Å². The molecular weight excluding hydrogens is 767 g/mol. The summed E-state index contributed by atoms with van der Waals surface area (Å²) in [5.74, 6) is 0. The first-order valence-electron chi connectivity index (χ1n) is 21.7. The molecule has 0 N–H and O–H groups in total. The topological polar surface area (TPSA) is 3.24 Å². The number of hydrogen-bond acceptors (Lipinski definition) is 2. The van der Waals surface area contributed by atoms with Crippen molar-refractivity contribution < 1.29 is 0 Å². The third kappa shape index (κ3) is 5.60. The Morgan fingerprint density at radius 2 is 0.887 bits per heavy atom. The number of anilines is 3. The molecule has 12 rings (SSSR count). The van der Waals surface area contributed by atoms with E-state index in [1.54, 1.807) is 0 Å². The molecule has 0 atom stereocenters. The predicted octanol–water partition coefficient (Wildman–Crippen LogP) is 17.1. The number of benzene rings is 9. The summed E-state index contributed by atoms with van der Waals surface area (Å²) in [6.07, 6.45) is 0. The minimum absolute atomic E-state index is 0.0813. The van der Waals surface area contributed by atoms with Gasteiger partial charge in [0.1, 0.15) is 0 Å². The van der Waals surface area contributed by atoms with Crippen LogP contribution in [0.2, 0.25) is 0 Å². The quantitative estimate of drug-likeness (QED) is 0.162. The van der Waals surface area contributed by atoms with E-state index in [2.05, 4.69) is 233 Å². The molecule has 2 aliphatic rings. The minimum Gasteiger partial charge on any atom is -0.310 e. The fraction of sp³-hybridized carbons (Fsp3) is 0.100. The molecule has 296 valence electrons. The van der Waals surface area contributed by atoms with E-state index in [0.717, 1.165) is 11.4 Å². The standard InChI is InChI=1S/C60H45NS/c1-59(2)51-17-10-8-16-48(51)58-53(59)18-12-19-55(58)61(45-30-23-40(24-31-45)42-27-34-57-50(36-42)47-15-9-11-20-56(47)62-57)44-28-21-39(22-29-44)41-26-33-52-49(35-41)46-32-25-43(37-54(46)60(52,3)4)38-13-6-5-7-14-38/h5-37H,1-4H3. The van der Waals surface area contributed by atoms with Gasteiger partial charge in [0.15, 0.2) is 0 Å². The van der Waals surface area contributed by atoms with Crippen LogP contribution in [0.3, 0.4) is 0 Å². The molecule has 0 amide bonds. The van der Waals surface area contributed by atoms with Gasteiger partial charge in [-0.1, -0.05) is 167 Å². The molecule has 0 saturated heterocycles. The monoisotopic (exact) mass is 811 g/mol. The molecule has 62 heavy (non-hydrogen) atoms. The molecule has 9 aromatic carbocycles. The average Bonchev–Trinajstić information content (AvgIpc) is 3.89. The Kier molecular flexibility index (Phi) is 8.17. The van der Waals surface area contributed by atoms with Crippen LogP contribution in [0.4, 0.5) is 17.1 Å². The lowest BCUT2D eigenvalue weighted by atomic mass is 9.81. The maximum absolute atomic E-state index is 2.46. The highest BCUT2D eigenvalue weighted by atomic mass is 32.1. The summed E-state index contributed by atoms with van der Waals surface area (Å²) in [5.41, 5.74) is 21.5. The second-order valence-electron chi connectivity index (χ2n) is 18.1. The Balaban J connectivity index is 0.948. The van der Waals surface area contributed by atoms with Crippen LogP contribution in [0.5, 0.6) is 0 Å². The average molecular weight is 812 g/mol. The summed E-state index contributed by atoms with van der Waals surface area (Å²) in [5, 5.41) is 2.65. The van der Waals surface area contributed by atoms with Crippen molar-refractivity contribution in [2.24, 2.45) is 0 Å². The van der Waals surface area contributed by atoms with E-state index in [1.165, 1.54) is 104 Å². The first-order chi connectivity index (χ1) is 30.2. The van der Waals surface area contributed by atoms with Gasteiger partial charge in [-0.2, -0.15) is 0 Å². The third-order valence-corrected chi connectivity index (χ3v) is 15.1. The van der Waals surface area contributed by atoms with Crippen LogP contribution in [0.25, 0.3) is 75.8 Å². The van der Waals surface area contributed by atoms with Crippen molar-refractivity contribution in [3.8, 4) is 55.6 Å².